The lowest BCUT2D eigenvalue weighted by molar-refractivity contribution is 0.315. The fourth-order valence-corrected chi connectivity index (χ4v) is 1.36. The van der Waals surface area contributed by atoms with E-state index in [2.05, 4.69) is 14.9 Å². The smallest absolute Gasteiger partial charge is 0.138 e. The average Bonchev–Trinajstić information content (AvgIpc) is 2.62. The molecule has 0 aliphatic heterocycles. The first kappa shape index (κ1) is 8.19. The maximum absolute atomic E-state index is 5.44. The van der Waals surface area contributed by atoms with E-state index in [0.717, 1.165) is 29.4 Å². The van der Waals surface area contributed by atoms with Gasteiger partial charge in [-0.3, -0.25) is 0 Å². The molecule has 2 rings (SSSR count). The summed E-state index contributed by atoms with van der Waals surface area (Å²) in [7, 11) is 0. The van der Waals surface area contributed by atoms with Gasteiger partial charge in [-0.05, 0) is 41.3 Å². The molecule has 0 fully saturated rings. The Kier molecular flexibility index (Phi) is 2.23. The maximum atomic E-state index is 5.44. The topological polar surface area (TPSA) is 64.9 Å². The van der Waals surface area contributed by atoms with Gasteiger partial charge in [0, 0.05) is 0 Å². The highest BCUT2D eigenvalue weighted by Crippen LogP contribution is 2.15. The second-order valence-electron chi connectivity index (χ2n) is 2.94. The van der Waals surface area contributed by atoms with Crippen molar-refractivity contribution < 1.29 is 4.63 Å². The van der Waals surface area contributed by atoms with Crippen LogP contribution in [0.25, 0.3) is 11.0 Å². The molecule has 0 spiro atoms. The zero-order valence-electron chi connectivity index (χ0n) is 7.23. The lowest BCUT2D eigenvalue weighted by Crippen LogP contribution is -2.00. The number of rotatable bonds is 3. The average molecular weight is 177 g/mol. The third-order valence-corrected chi connectivity index (χ3v) is 2.02. The first-order chi connectivity index (χ1) is 6.42. The van der Waals surface area contributed by atoms with E-state index in [9.17, 15) is 0 Å². The molecule has 1 aromatic heterocycles. The van der Waals surface area contributed by atoms with E-state index in [1.807, 2.05) is 18.2 Å². The van der Waals surface area contributed by atoms with E-state index < -0.39 is 0 Å². The Hall–Kier alpha value is -1.42. The summed E-state index contributed by atoms with van der Waals surface area (Å²) in [6, 6.07) is 5.87. The molecule has 4 heteroatoms. The molecule has 0 aliphatic rings. The number of nitrogens with two attached hydrogens (primary N) is 1. The van der Waals surface area contributed by atoms with Gasteiger partial charge in [-0.25, -0.2) is 4.63 Å². The molecule has 0 aliphatic carbocycles. The molecular formula is C9H11N3O. The quantitative estimate of drug-likeness (QED) is 0.762. The normalized spacial score (nSPS) is 10.8. The highest BCUT2D eigenvalue weighted by molar-refractivity contribution is 5.76. The summed E-state index contributed by atoms with van der Waals surface area (Å²) in [6.07, 6.45) is 1.90. The highest BCUT2D eigenvalue weighted by atomic mass is 16.6. The van der Waals surface area contributed by atoms with Gasteiger partial charge in [0.15, 0.2) is 0 Å². The minimum atomic E-state index is 0.696. The summed E-state index contributed by atoms with van der Waals surface area (Å²) in [5.41, 5.74) is 8.26. The van der Waals surface area contributed by atoms with E-state index in [1.165, 1.54) is 0 Å². The van der Waals surface area contributed by atoms with Crippen LogP contribution in [0, 0.1) is 0 Å². The van der Waals surface area contributed by atoms with Crippen LogP contribution in [0.2, 0.25) is 0 Å². The van der Waals surface area contributed by atoms with E-state index in [4.69, 9.17) is 5.73 Å². The number of aryl methyl sites for hydroxylation is 1. The second-order valence-corrected chi connectivity index (χ2v) is 2.94. The number of nitrogens with zero attached hydrogens (tertiary/aromatic N) is 2. The van der Waals surface area contributed by atoms with Gasteiger partial charge in [0.2, 0.25) is 0 Å². The zero-order chi connectivity index (χ0) is 9.10. The molecule has 1 heterocycles. The van der Waals surface area contributed by atoms with Gasteiger partial charge in [0.05, 0.1) is 0 Å². The van der Waals surface area contributed by atoms with Crippen molar-refractivity contribution in [3.8, 4) is 0 Å². The Bertz CT molecular complexity index is 396. The number of benzene rings is 1. The maximum Gasteiger partial charge on any atom is 0.138 e. The Labute approximate surface area is 75.7 Å². The van der Waals surface area contributed by atoms with E-state index in [-0.39, 0.29) is 0 Å². The predicted octanol–water partition coefficient (Wildman–Crippen LogP) is 1.11. The van der Waals surface area contributed by atoms with Gasteiger partial charge in [-0.1, -0.05) is 12.1 Å². The fourth-order valence-electron chi connectivity index (χ4n) is 1.36. The molecule has 0 radical (unpaired) electrons. The minimum Gasteiger partial charge on any atom is -0.330 e. The summed E-state index contributed by atoms with van der Waals surface area (Å²) >= 11 is 0. The van der Waals surface area contributed by atoms with E-state index in [1.54, 1.807) is 0 Å². The van der Waals surface area contributed by atoms with Crippen molar-refractivity contribution >= 4 is 11.0 Å². The Morgan fingerprint density at radius 2 is 2.23 bits per heavy atom. The summed E-state index contributed by atoms with van der Waals surface area (Å²) in [6.45, 7) is 0.696. The Morgan fingerprint density at radius 3 is 3.08 bits per heavy atom. The van der Waals surface area contributed by atoms with Crippen molar-refractivity contribution in [2.24, 2.45) is 5.73 Å². The van der Waals surface area contributed by atoms with Crippen LogP contribution in [0.1, 0.15) is 12.0 Å². The molecule has 0 atom stereocenters. The van der Waals surface area contributed by atoms with Crippen molar-refractivity contribution in [1.29, 1.82) is 0 Å². The molecule has 13 heavy (non-hydrogen) atoms. The van der Waals surface area contributed by atoms with Gasteiger partial charge >= 0.3 is 0 Å². The van der Waals surface area contributed by atoms with E-state index >= 15 is 0 Å². The third kappa shape index (κ3) is 1.53. The minimum absolute atomic E-state index is 0.696. The Balaban J connectivity index is 2.37. The molecule has 2 N–H and O–H groups in total. The van der Waals surface area contributed by atoms with Crippen LogP contribution >= 0.6 is 0 Å². The van der Waals surface area contributed by atoms with Crippen LogP contribution in [-0.2, 0) is 6.42 Å². The van der Waals surface area contributed by atoms with Crippen LogP contribution in [0.5, 0.6) is 0 Å². The van der Waals surface area contributed by atoms with E-state index in [0.29, 0.717) is 6.54 Å². The van der Waals surface area contributed by atoms with Crippen molar-refractivity contribution in [3.63, 3.8) is 0 Å². The molecule has 0 saturated carbocycles. The predicted molar refractivity (Wildman–Crippen MR) is 49.2 cm³/mol. The van der Waals surface area contributed by atoms with Crippen LogP contribution in [0.3, 0.4) is 0 Å². The van der Waals surface area contributed by atoms with Gasteiger partial charge in [-0.2, -0.15) is 0 Å². The summed E-state index contributed by atoms with van der Waals surface area (Å²) < 4.78 is 4.65. The van der Waals surface area contributed by atoms with Gasteiger partial charge in [0.25, 0.3) is 0 Å². The molecular weight excluding hydrogens is 166 g/mol. The number of fused-ring (bicyclic) bond motifs is 1. The van der Waals surface area contributed by atoms with Crippen LogP contribution in [0.15, 0.2) is 22.8 Å². The second kappa shape index (κ2) is 3.53. The SMILES string of the molecule is NCCCc1cccc2nonc12. The lowest BCUT2D eigenvalue weighted by atomic mass is 10.1. The molecule has 68 valence electrons. The van der Waals surface area contributed by atoms with Gasteiger partial charge < -0.3 is 5.73 Å². The Morgan fingerprint density at radius 1 is 1.31 bits per heavy atom. The molecule has 0 amide bonds. The van der Waals surface area contributed by atoms with Crippen molar-refractivity contribution in [1.82, 2.24) is 10.3 Å². The summed E-state index contributed by atoms with van der Waals surface area (Å²) in [5.74, 6) is 0. The summed E-state index contributed by atoms with van der Waals surface area (Å²) in [5, 5.41) is 7.61. The first-order valence-corrected chi connectivity index (χ1v) is 4.32. The van der Waals surface area contributed by atoms with Crippen molar-refractivity contribution in [2.75, 3.05) is 6.54 Å². The van der Waals surface area contributed by atoms with Crippen LogP contribution in [-0.4, -0.2) is 16.9 Å². The number of hydrogen-bond donors (Lipinski definition) is 1. The standard InChI is InChI=1S/C9H11N3O/c10-6-2-4-7-3-1-5-8-9(7)12-13-11-8/h1,3,5H,2,4,6,10H2. The monoisotopic (exact) mass is 177 g/mol. The fraction of sp³-hybridized carbons (Fsp3) is 0.333. The molecule has 4 nitrogen and oxygen atoms in total. The molecule has 0 unspecified atom stereocenters. The first-order valence-electron chi connectivity index (χ1n) is 4.32. The number of aromatic nitrogens is 2. The van der Waals surface area contributed by atoms with Crippen LogP contribution in [0.4, 0.5) is 0 Å². The third-order valence-electron chi connectivity index (χ3n) is 2.02. The van der Waals surface area contributed by atoms with Crippen LogP contribution < -0.4 is 5.73 Å². The lowest BCUT2D eigenvalue weighted by Gasteiger charge is -1.97. The molecule has 0 bridgehead atoms. The van der Waals surface area contributed by atoms with Gasteiger partial charge in [-0.15, -0.1) is 0 Å². The largest absolute Gasteiger partial charge is 0.330 e. The van der Waals surface area contributed by atoms with Crippen molar-refractivity contribution in [2.45, 2.75) is 12.8 Å². The zero-order valence-corrected chi connectivity index (χ0v) is 7.23. The molecule has 1 aromatic carbocycles. The number of hydrogen-bond acceptors (Lipinski definition) is 4. The highest BCUT2D eigenvalue weighted by Gasteiger charge is 2.04. The summed E-state index contributed by atoms with van der Waals surface area (Å²) in [4.78, 5) is 0. The molecule has 2 aromatic rings. The van der Waals surface area contributed by atoms with Gasteiger partial charge in [0.1, 0.15) is 11.0 Å². The molecule has 0 saturated heterocycles. The van der Waals surface area contributed by atoms with Crippen molar-refractivity contribution in [3.05, 3.63) is 23.8 Å².